The van der Waals surface area contributed by atoms with Crippen molar-refractivity contribution >= 4 is 29.3 Å². The van der Waals surface area contributed by atoms with Gasteiger partial charge in [0.1, 0.15) is 11.5 Å². The summed E-state index contributed by atoms with van der Waals surface area (Å²) in [5.74, 6) is -0.560. The lowest BCUT2D eigenvalue weighted by atomic mass is 10.1. The number of non-ortho nitro benzene ring substituents is 1. The summed E-state index contributed by atoms with van der Waals surface area (Å²) in [6.45, 7) is 3.37. The van der Waals surface area contributed by atoms with Gasteiger partial charge in [-0.25, -0.2) is 4.79 Å². The number of nitro benzene ring substituents is 1. The number of carboxylic acids is 1. The molecule has 0 aliphatic rings. The van der Waals surface area contributed by atoms with Gasteiger partial charge in [-0.15, -0.1) is 0 Å². The molecule has 0 aliphatic heterocycles. The number of carbonyl (C=O) groups is 2. The van der Waals surface area contributed by atoms with Gasteiger partial charge in [0.15, 0.2) is 0 Å². The summed E-state index contributed by atoms with van der Waals surface area (Å²) < 4.78 is 5.71. The SMILES string of the molecule is Cc1cc([N+](=O)[O-])ccc1-c1ccc(/C=C/C(=O)Nc2cccc(C(=O)O)c2C)o1. The standard InChI is InChI=1S/C22H18N2O6/c1-13-12-15(24(28)29)6-9-17(13)20-10-7-16(30-20)8-11-21(25)23-19-5-3-4-18(14(19)2)22(26)27/h3-12H,1-2H3,(H,23,25)(H,26,27)/b11-8+. The van der Waals surface area contributed by atoms with E-state index < -0.39 is 16.8 Å². The zero-order chi connectivity index (χ0) is 21.8. The second kappa shape index (κ2) is 8.44. The van der Waals surface area contributed by atoms with Gasteiger partial charge < -0.3 is 14.8 Å². The van der Waals surface area contributed by atoms with E-state index in [4.69, 9.17) is 9.52 Å². The second-order valence-corrected chi connectivity index (χ2v) is 6.56. The highest BCUT2D eigenvalue weighted by atomic mass is 16.6. The molecular formula is C22H18N2O6. The highest BCUT2D eigenvalue weighted by Gasteiger charge is 2.13. The van der Waals surface area contributed by atoms with Gasteiger partial charge in [0.25, 0.3) is 5.69 Å². The number of hydrogen-bond acceptors (Lipinski definition) is 5. The normalized spacial score (nSPS) is 10.9. The van der Waals surface area contributed by atoms with E-state index in [9.17, 15) is 19.7 Å². The van der Waals surface area contributed by atoms with E-state index in [1.165, 1.54) is 30.4 Å². The minimum Gasteiger partial charge on any atom is -0.478 e. The molecule has 3 aromatic rings. The number of nitrogens with one attached hydrogen (secondary N) is 1. The molecule has 1 amide bonds. The first-order chi connectivity index (χ1) is 14.3. The van der Waals surface area contributed by atoms with Gasteiger partial charge in [-0.3, -0.25) is 14.9 Å². The Hall–Kier alpha value is -4.20. The van der Waals surface area contributed by atoms with E-state index >= 15 is 0 Å². The quantitative estimate of drug-likeness (QED) is 0.344. The Morgan fingerprint density at radius 1 is 1.13 bits per heavy atom. The molecule has 0 saturated heterocycles. The molecule has 2 aromatic carbocycles. The fourth-order valence-corrected chi connectivity index (χ4v) is 2.96. The molecule has 30 heavy (non-hydrogen) atoms. The number of hydrogen-bond donors (Lipinski definition) is 2. The topological polar surface area (TPSA) is 123 Å². The molecule has 3 rings (SSSR count). The molecule has 0 fully saturated rings. The molecule has 0 spiro atoms. The molecule has 2 N–H and O–H groups in total. The molecule has 8 nitrogen and oxygen atoms in total. The van der Waals surface area contributed by atoms with E-state index in [1.54, 1.807) is 44.2 Å². The Labute approximate surface area is 171 Å². The molecule has 0 bridgehead atoms. The minimum atomic E-state index is -1.07. The first-order valence-corrected chi connectivity index (χ1v) is 8.93. The lowest BCUT2D eigenvalue weighted by Gasteiger charge is -2.08. The van der Waals surface area contributed by atoms with Gasteiger partial charge in [-0.1, -0.05) is 6.07 Å². The number of nitrogens with zero attached hydrogens (tertiary/aromatic N) is 1. The number of carboxylic acid groups (broad SMARTS) is 1. The minimum absolute atomic E-state index is 0.00172. The average molecular weight is 406 g/mol. The Morgan fingerprint density at radius 3 is 2.57 bits per heavy atom. The van der Waals surface area contributed by atoms with Crippen LogP contribution in [0.3, 0.4) is 0 Å². The van der Waals surface area contributed by atoms with Gasteiger partial charge in [0.05, 0.1) is 10.5 Å². The monoisotopic (exact) mass is 406 g/mol. The van der Waals surface area contributed by atoms with E-state index in [0.717, 1.165) is 0 Å². The van der Waals surface area contributed by atoms with Crippen molar-refractivity contribution in [2.45, 2.75) is 13.8 Å². The van der Waals surface area contributed by atoms with Crippen molar-refractivity contribution in [2.24, 2.45) is 0 Å². The predicted octanol–water partition coefficient (Wildman–Crippen LogP) is 4.82. The largest absolute Gasteiger partial charge is 0.478 e. The lowest BCUT2D eigenvalue weighted by Crippen LogP contribution is -2.11. The fourth-order valence-electron chi connectivity index (χ4n) is 2.96. The maximum absolute atomic E-state index is 12.2. The molecule has 0 unspecified atom stereocenters. The van der Waals surface area contributed by atoms with Crippen LogP contribution in [0.5, 0.6) is 0 Å². The van der Waals surface area contributed by atoms with Crippen LogP contribution in [0, 0.1) is 24.0 Å². The van der Waals surface area contributed by atoms with Crippen molar-refractivity contribution in [1.29, 1.82) is 0 Å². The number of furan rings is 1. The average Bonchev–Trinajstić information content (AvgIpc) is 3.16. The molecule has 0 radical (unpaired) electrons. The highest BCUT2D eigenvalue weighted by Crippen LogP contribution is 2.28. The summed E-state index contributed by atoms with van der Waals surface area (Å²) in [5, 5.41) is 22.7. The third-order valence-corrected chi connectivity index (χ3v) is 4.53. The van der Waals surface area contributed by atoms with Crippen LogP contribution >= 0.6 is 0 Å². The number of aryl methyl sites for hydroxylation is 1. The summed E-state index contributed by atoms with van der Waals surface area (Å²) in [7, 11) is 0. The maximum atomic E-state index is 12.2. The maximum Gasteiger partial charge on any atom is 0.336 e. The number of rotatable bonds is 6. The summed E-state index contributed by atoms with van der Waals surface area (Å²) in [6, 6.07) is 12.5. The van der Waals surface area contributed by atoms with Crippen molar-refractivity contribution in [3.63, 3.8) is 0 Å². The van der Waals surface area contributed by atoms with Gasteiger partial charge in [-0.2, -0.15) is 0 Å². The van der Waals surface area contributed by atoms with Crippen LogP contribution in [0.15, 0.2) is 59.0 Å². The zero-order valence-corrected chi connectivity index (χ0v) is 16.2. The fraction of sp³-hybridized carbons (Fsp3) is 0.0909. The molecule has 1 aromatic heterocycles. The Balaban J connectivity index is 1.73. The summed E-state index contributed by atoms with van der Waals surface area (Å²) in [6.07, 6.45) is 2.76. The summed E-state index contributed by atoms with van der Waals surface area (Å²) in [4.78, 5) is 33.8. The Bertz CT molecular complexity index is 1180. The van der Waals surface area contributed by atoms with Gasteiger partial charge in [0.2, 0.25) is 5.91 Å². The summed E-state index contributed by atoms with van der Waals surface area (Å²) >= 11 is 0. The number of carbonyl (C=O) groups excluding carboxylic acids is 1. The smallest absolute Gasteiger partial charge is 0.336 e. The van der Waals surface area contributed by atoms with Crippen LogP contribution in [-0.4, -0.2) is 21.9 Å². The van der Waals surface area contributed by atoms with Crippen molar-refractivity contribution in [3.8, 4) is 11.3 Å². The predicted molar refractivity (Wildman–Crippen MR) is 111 cm³/mol. The van der Waals surface area contributed by atoms with E-state index in [0.29, 0.717) is 33.9 Å². The molecule has 152 valence electrons. The number of anilines is 1. The molecule has 1 heterocycles. The molecule has 0 aliphatic carbocycles. The Morgan fingerprint density at radius 2 is 1.90 bits per heavy atom. The van der Waals surface area contributed by atoms with Crippen LogP contribution in [-0.2, 0) is 4.79 Å². The second-order valence-electron chi connectivity index (χ2n) is 6.56. The number of benzene rings is 2. The van der Waals surface area contributed by atoms with Gasteiger partial charge in [0, 0.05) is 29.5 Å². The van der Waals surface area contributed by atoms with Gasteiger partial charge >= 0.3 is 5.97 Å². The zero-order valence-electron chi connectivity index (χ0n) is 16.2. The van der Waals surface area contributed by atoms with E-state index in [-0.39, 0.29) is 11.3 Å². The number of nitro groups is 1. The highest BCUT2D eigenvalue weighted by molar-refractivity contribution is 6.03. The first-order valence-electron chi connectivity index (χ1n) is 8.93. The van der Waals surface area contributed by atoms with E-state index in [1.807, 2.05) is 0 Å². The van der Waals surface area contributed by atoms with Gasteiger partial charge in [-0.05, 0) is 61.4 Å². The third-order valence-electron chi connectivity index (χ3n) is 4.53. The van der Waals surface area contributed by atoms with Crippen LogP contribution in [0.25, 0.3) is 17.4 Å². The van der Waals surface area contributed by atoms with Crippen molar-refractivity contribution in [1.82, 2.24) is 0 Å². The Kier molecular flexibility index (Phi) is 5.78. The number of aromatic carboxylic acids is 1. The van der Waals surface area contributed by atoms with Crippen LogP contribution in [0.4, 0.5) is 11.4 Å². The number of amides is 1. The first kappa shape index (κ1) is 20.5. The van der Waals surface area contributed by atoms with E-state index in [2.05, 4.69) is 5.32 Å². The molecule has 0 saturated carbocycles. The molecule has 8 heteroatoms. The van der Waals surface area contributed by atoms with Crippen molar-refractivity contribution in [3.05, 3.63) is 87.2 Å². The summed E-state index contributed by atoms with van der Waals surface area (Å²) in [5.41, 5.74) is 2.39. The lowest BCUT2D eigenvalue weighted by molar-refractivity contribution is -0.384. The van der Waals surface area contributed by atoms with Crippen molar-refractivity contribution in [2.75, 3.05) is 5.32 Å². The van der Waals surface area contributed by atoms with Crippen LogP contribution in [0.1, 0.15) is 27.2 Å². The van der Waals surface area contributed by atoms with Crippen LogP contribution in [0.2, 0.25) is 0 Å². The molecule has 0 atom stereocenters. The van der Waals surface area contributed by atoms with Crippen LogP contribution < -0.4 is 5.32 Å². The van der Waals surface area contributed by atoms with Crippen molar-refractivity contribution < 1.29 is 24.0 Å². The third kappa shape index (κ3) is 4.44. The molecular weight excluding hydrogens is 388 g/mol.